The SMILES string of the molecule is Cl.O=C(O)c1cc(CO)nn1-c1ncccc1Cl.[Cl-].[H+]. The Morgan fingerprint density at radius 3 is 2.74 bits per heavy atom. The van der Waals surface area contributed by atoms with Gasteiger partial charge in [-0.2, -0.15) is 5.10 Å². The van der Waals surface area contributed by atoms with Gasteiger partial charge in [0.15, 0.2) is 11.5 Å². The molecule has 0 atom stereocenters. The van der Waals surface area contributed by atoms with Crippen LogP contribution >= 0.6 is 24.0 Å². The van der Waals surface area contributed by atoms with E-state index in [2.05, 4.69) is 10.1 Å². The number of rotatable bonds is 3. The maximum atomic E-state index is 11.0. The van der Waals surface area contributed by atoms with E-state index < -0.39 is 5.97 Å². The zero-order chi connectivity index (χ0) is 12.4. The molecule has 2 aromatic heterocycles. The van der Waals surface area contributed by atoms with Crippen LogP contribution in [-0.2, 0) is 6.61 Å². The lowest BCUT2D eigenvalue weighted by Gasteiger charge is -2.04. The molecular weight excluding hydrogens is 316 g/mol. The first kappa shape index (κ1) is 17.7. The van der Waals surface area contributed by atoms with Crippen LogP contribution in [0, 0.1) is 0 Å². The highest BCUT2D eigenvalue weighted by Gasteiger charge is 2.17. The summed E-state index contributed by atoms with van der Waals surface area (Å²) in [6.45, 7) is -0.349. The monoisotopic (exact) mass is 325 g/mol. The molecule has 0 unspecified atom stereocenters. The largest absolute Gasteiger partial charge is 1.00 e. The first-order valence-electron chi connectivity index (χ1n) is 4.67. The van der Waals surface area contributed by atoms with Crippen LogP contribution in [0.2, 0.25) is 5.02 Å². The maximum Gasteiger partial charge on any atom is 1.00 e. The van der Waals surface area contributed by atoms with Crippen molar-refractivity contribution in [1.82, 2.24) is 14.8 Å². The first-order chi connectivity index (χ1) is 8.13. The van der Waals surface area contributed by atoms with Crippen molar-refractivity contribution in [3.05, 3.63) is 40.8 Å². The van der Waals surface area contributed by atoms with Crippen LogP contribution in [0.25, 0.3) is 5.82 Å². The van der Waals surface area contributed by atoms with Crippen LogP contribution < -0.4 is 12.4 Å². The molecule has 6 nitrogen and oxygen atoms in total. The summed E-state index contributed by atoms with van der Waals surface area (Å²) < 4.78 is 1.09. The van der Waals surface area contributed by atoms with Gasteiger partial charge < -0.3 is 22.6 Å². The van der Waals surface area contributed by atoms with Gasteiger partial charge >= 0.3 is 7.40 Å². The third-order valence-electron chi connectivity index (χ3n) is 2.08. The summed E-state index contributed by atoms with van der Waals surface area (Å²) in [6.07, 6.45) is 1.48. The normalized spacial score (nSPS) is 9.37. The third-order valence-corrected chi connectivity index (χ3v) is 2.38. The molecule has 19 heavy (non-hydrogen) atoms. The number of hydrogen-bond acceptors (Lipinski definition) is 4. The van der Waals surface area contributed by atoms with Gasteiger partial charge in [-0.15, -0.1) is 12.4 Å². The summed E-state index contributed by atoms with van der Waals surface area (Å²) in [5, 5.41) is 22.2. The second-order valence-electron chi connectivity index (χ2n) is 3.20. The van der Waals surface area contributed by atoms with Crippen molar-refractivity contribution in [3.63, 3.8) is 0 Å². The Balaban J connectivity index is 0. The van der Waals surface area contributed by atoms with Gasteiger partial charge in [-0.3, -0.25) is 0 Å². The number of halogens is 3. The second-order valence-corrected chi connectivity index (χ2v) is 3.61. The topological polar surface area (TPSA) is 88.2 Å². The second kappa shape index (κ2) is 7.30. The lowest BCUT2D eigenvalue weighted by molar-refractivity contribution is -0.0000202. The predicted molar refractivity (Wildman–Crippen MR) is 67.6 cm³/mol. The third kappa shape index (κ3) is 3.57. The van der Waals surface area contributed by atoms with E-state index in [1.807, 2.05) is 0 Å². The summed E-state index contributed by atoms with van der Waals surface area (Å²) in [5.41, 5.74) is 0.138. The molecular formula is C10H10Cl3N3O3. The van der Waals surface area contributed by atoms with Crippen LogP contribution in [0.5, 0.6) is 0 Å². The molecule has 2 aromatic rings. The number of pyridine rings is 1. The number of carboxylic acid groups (broad SMARTS) is 1. The van der Waals surface area contributed by atoms with E-state index >= 15 is 0 Å². The number of nitrogens with zero attached hydrogens (tertiary/aromatic N) is 3. The highest BCUT2D eigenvalue weighted by molar-refractivity contribution is 6.32. The standard InChI is InChI=1S/C10H8ClN3O3.2ClH/c11-7-2-1-3-12-9(7)14-8(10(16)17)4-6(5-15)13-14;;/h1-4,15H,5H2,(H,16,17);2*1H. The summed E-state index contributed by atoms with van der Waals surface area (Å²) >= 11 is 5.91. The highest BCUT2D eigenvalue weighted by Crippen LogP contribution is 2.19. The maximum absolute atomic E-state index is 11.0. The molecule has 0 aliphatic carbocycles. The Kier molecular flexibility index (Phi) is 6.78. The summed E-state index contributed by atoms with van der Waals surface area (Å²) in [6, 6.07) is 4.48. The summed E-state index contributed by atoms with van der Waals surface area (Å²) in [7, 11) is 0. The lowest BCUT2D eigenvalue weighted by Crippen LogP contribution is -3.00. The number of aromatic carboxylic acids is 1. The Morgan fingerprint density at radius 1 is 1.53 bits per heavy atom. The Hall–Kier alpha value is -1.34. The Bertz CT molecular complexity index is 580. The van der Waals surface area contributed by atoms with E-state index in [-0.39, 0.29) is 55.1 Å². The summed E-state index contributed by atoms with van der Waals surface area (Å²) in [4.78, 5) is 15.0. The molecule has 0 amide bonds. The van der Waals surface area contributed by atoms with Gasteiger partial charge in [-0.1, -0.05) is 11.6 Å². The first-order valence-corrected chi connectivity index (χ1v) is 5.05. The zero-order valence-electron chi connectivity index (χ0n) is 10.3. The smallest absolute Gasteiger partial charge is 1.00 e. The fourth-order valence-corrected chi connectivity index (χ4v) is 1.56. The van der Waals surface area contributed by atoms with E-state index in [0.717, 1.165) is 4.68 Å². The van der Waals surface area contributed by atoms with Gasteiger partial charge in [0.25, 0.3) is 0 Å². The van der Waals surface area contributed by atoms with E-state index in [9.17, 15) is 4.79 Å². The molecule has 104 valence electrons. The molecule has 0 aromatic carbocycles. The molecule has 0 aliphatic rings. The van der Waals surface area contributed by atoms with Crippen molar-refractivity contribution < 1.29 is 28.8 Å². The number of aliphatic hydroxyl groups excluding tert-OH is 1. The molecule has 0 aliphatic heterocycles. The van der Waals surface area contributed by atoms with Crippen LogP contribution in [-0.4, -0.2) is 30.9 Å². The molecule has 2 N–H and O–H groups in total. The molecule has 0 saturated heterocycles. The van der Waals surface area contributed by atoms with Gasteiger partial charge in [0.1, 0.15) is 0 Å². The Labute approximate surface area is 127 Å². The van der Waals surface area contributed by atoms with Gasteiger partial charge in [-0.05, 0) is 18.2 Å². The molecule has 0 spiro atoms. The van der Waals surface area contributed by atoms with Crippen molar-refractivity contribution in [1.29, 1.82) is 0 Å². The van der Waals surface area contributed by atoms with Gasteiger partial charge in [-0.25, -0.2) is 14.5 Å². The number of hydrogen-bond donors (Lipinski definition) is 2. The molecule has 0 saturated carbocycles. The fraction of sp³-hybridized carbons (Fsp3) is 0.100. The minimum absolute atomic E-state index is 0. The van der Waals surface area contributed by atoms with Gasteiger partial charge in [0.05, 0.1) is 17.3 Å². The zero-order valence-corrected chi connectivity index (χ0v) is 11.7. The number of aromatic nitrogens is 3. The van der Waals surface area contributed by atoms with Gasteiger partial charge in [0.2, 0.25) is 0 Å². The van der Waals surface area contributed by atoms with Crippen molar-refractivity contribution in [3.8, 4) is 5.82 Å². The van der Waals surface area contributed by atoms with E-state index in [1.165, 1.54) is 12.3 Å². The molecule has 0 radical (unpaired) electrons. The van der Waals surface area contributed by atoms with Crippen molar-refractivity contribution in [2.75, 3.05) is 0 Å². The number of aliphatic hydroxyl groups is 1. The van der Waals surface area contributed by atoms with E-state index in [1.54, 1.807) is 12.1 Å². The van der Waals surface area contributed by atoms with E-state index in [0.29, 0.717) is 0 Å². The van der Waals surface area contributed by atoms with Crippen molar-refractivity contribution in [2.24, 2.45) is 0 Å². The van der Waals surface area contributed by atoms with Crippen LogP contribution in [0.1, 0.15) is 17.6 Å². The summed E-state index contributed by atoms with van der Waals surface area (Å²) in [5.74, 6) is -0.954. The van der Waals surface area contributed by atoms with Crippen LogP contribution in [0.4, 0.5) is 0 Å². The molecule has 0 fully saturated rings. The quantitative estimate of drug-likeness (QED) is 0.728. The highest BCUT2D eigenvalue weighted by atomic mass is 35.5. The average molecular weight is 327 g/mol. The lowest BCUT2D eigenvalue weighted by atomic mass is 10.3. The van der Waals surface area contributed by atoms with Crippen LogP contribution in [0.15, 0.2) is 24.4 Å². The molecule has 9 heteroatoms. The average Bonchev–Trinajstić information content (AvgIpc) is 2.73. The minimum atomic E-state index is -1.17. The Morgan fingerprint density at radius 2 is 2.21 bits per heavy atom. The molecule has 0 bridgehead atoms. The van der Waals surface area contributed by atoms with Crippen LogP contribution in [0.3, 0.4) is 0 Å². The fourth-order valence-electron chi connectivity index (χ4n) is 1.35. The van der Waals surface area contributed by atoms with Crippen molar-refractivity contribution in [2.45, 2.75) is 6.61 Å². The molecule has 2 heterocycles. The molecule has 2 rings (SSSR count). The predicted octanol–water partition coefficient (Wildman–Crippen LogP) is -1.35. The van der Waals surface area contributed by atoms with E-state index in [4.69, 9.17) is 21.8 Å². The number of carboxylic acids is 1. The minimum Gasteiger partial charge on any atom is -1.00 e. The number of carbonyl (C=O) groups is 1. The van der Waals surface area contributed by atoms with Gasteiger partial charge in [0, 0.05) is 6.20 Å². The van der Waals surface area contributed by atoms with Crippen molar-refractivity contribution >= 4 is 30.0 Å².